The van der Waals surface area contributed by atoms with Crippen molar-refractivity contribution in [1.29, 1.82) is 0 Å². The Bertz CT molecular complexity index is 2260. The number of likely N-dealkylation sites (tertiary alicyclic amines) is 2. The van der Waals surface area contributed by atoms with Crippen LogP contribution in [-0.4, -0.2) is 53.4 Å². The third-order valence-electron chi connectivity index (χ3n) is 12.1. The van der Waals surface area contributed by atoms with E-state index < -0.39 is 78.3 Å². The van der Waals surface area contributed by atoms with E-state index in [1.165, 1.54) is 6.07 Å². The van der Waals surface area contributed by atoms with E-state index in [0.717, 1.165) is 32.1 Å². The average molecular weight is 897 g/mol. The van der Waals surface area contributed by atoms with Gasteiger partial charge in [-0.05, 0) is 65.1 Å². The van der Waals surface area contributed by atoms with Crippen molar-refractivity contribution in [2.45, 2.75) is 36.8 Å². The summed E-state index contributed by atoms with van der Waals surface area (Å²) in [5, 5.41) is 0. The van der Waals surface area contributed by atoms with Gasteiger partial charge in [0.1, 0.15) is 20.0 Å². The van der Waals surface area contributed by atoms with Crippen LogP contribution in [0.15, 0.2) is 146 Å². The molecule has 2 heterocycles. The van der Waals surface area contributed by atoms with Gasteiger partial charge in [0.25, 0.3) is 0 Å². The molecule has 0 radical (unpaired) electrons. The molecule has 8 N–H and O–H groups in total. The summed E-state index contributed by atoms with van der Waals surface area (Å²) in [5.41, 5.74) is 25.7. The minimum Gasteiger partial charge on any atom is -0.391 e. The molecular formula is C48H44N6O4S4. The molecule has 2 saturated heterocycles. The summed E-state index contributed by atoms with van der Waals surface area (Å²) >= 11 is 23.0. The minimum absolute atomic E-state index is 0.0770. The summed E-state index contributed by atoms with van der Waals surface area (Å²) in [6.45, 7) is 0. The molecule has 5 aromatic carbocycles. The molecule has 0 spiro atoms. The van der Waals surface area contributed by atoms with Crippen molar-refractivity contribution in [3.8, 4) is 0 Å². The summed E-state index contributed by atoms with van der Waals surface area (Å²) in [6.07, 6.45) is 0.903. The highest BCUT2D eigenvalue weighted by atomic mass is 32.1. The van der Waals surface area contributed by atoms with Gasteiger partial charge in [-0.25, -0.2) is 0 Å². The van der Waals surface area contributed by atoms with Crippen LogP contribution in [0.3, 0.4) is 0 Å². The molecule has 0 saturated carbocycles. The molecule has 4 atom stereocenters. The second-order valence-corrected chi connectivity index (χ2v) is 17.4. The second-order valence-electron chi connectivity index (χ2n) is 15.7. The Morgan fingerprint density at radius 3 is 0.823 bits per heavy atom. The number of rotatable bonds is 16. The fraction of sp³-hybridized carbons (Fsp3) is 0.208. The Labute approximate surface area is 381 Å². The predicted octanol–water partition coefficient (Wildman–Crippen LogP) is 5.39. The smallest absolute Gasteiger partial charge is 0.234 e. The van der Waals surface area contributed by atoms with Crippen molar-refractivity contribution in [3.63, 3.8) is 0 Å². The number of carbonyl (C=O) groups is 4. The van der Waals surface area contributed by atoms with E-state index in [-0.39, 0.29) is 36.8 Å². The third kappa shape index (κ3) is 7.72. The molecule has 0 aromatic heterocycles. The quantitative estimate of drug-likeness (QED) is 0.0734. The van der Waals surface area contributed by atoms with Crippen molar-refractivity contribution < 1.29 is 19.2 Å². The number of nitrogens with zero attached hydrogens (tertiary/aromatic N) is 2. The van der Waals surface area contributed by atoms with Crippen molar-refractivity contribution in [1.82, 2.24) is 9.80 Å². The first kappa shape index (κ1) is 44.0. The maximum Gasteiger partial charge on any atom is 0.234 e. The van der Waals surface area contributed by atoms with Gasteiger partial charge in [-0.3, -0.25) is 29.0 Å². The molecule has 0 bridgehead atoms. The number of imide groups is 2. The van der Waals surface area contributed by atoms with E-state index in [0.29, 0.717) is 0 Å². The first-order valence-corrected chi connectivity index (χ1v) is 21.6. The molecule has 7 rings (SSSR count). The number of nitrogens with two attached hydrogens (primary N) is 4. The summed E-state index contributed by atoms with van der Waals surface area (Å²) < 4.78 is 0. The lowest BCUT2D eigenvalue weighted by atomic mass is 9.81. The standard InChI is InChI=1S/C48H44N6O4S4/c49-43(59)47(44(50)60,53-39(55)35(24-29-14-5-1-6-15-29)36(40(53)56)25-30-16-7-2-8-17-30)33-22-13-23-34(28-33)48(45(51)61,46(52)62)54-41(57)37(26-31-18-9-3-10-19-31)38(42(54)58)27-32-20-11-4-12-21-32/h1-23,28,35-38H,24-27H2,(H2,49,59)(H2,50,60)(H2,51,61)(H2,52,62). The van der Waals surface area contributed by atoms with Gasteiger partial charge in [-0.15, -0.1) is 0 Å². The van der Waals surface area contributed by atoms with Crippen LogP contribution in [0.1, 0.15) is 33.4 Å². The molecule has 0 aliphatic carbocycles. The lowest BCUT2D eigenvalue weighted by Crippen LogP contribution is -2.64. The van der Waals surface area contributed by atoms with Crippen LogP contribution < -0.4 is 22.9 Å². The fourth-order valence-electron chi connectivity index (χ4n) is 9.10. The molecule has 62 heavy (non-hydrogen) atoms. The molecule has 2 fully saturated rings. The largest absolute Gasteiger partial charge is 0.391 e. The van der Waals surface area contributed by atoms with Crippen LogP contribution in [0.25, 0.3) is 0 Å². The number of carbonyl (C=O) groups excluding carboxylic acids is 4. The molecule has 10 nitrogen and oxygen atoms in total. The van der Waals surface area contributed by atoms with E-state index in [1.807, 2.05) is 121 Å². The Hall–Kier alpha value is -6.06. The highest BCUT2D eigenvalue weighted by Crippen LogP contribution is 2.45. The van der Waals surface area contributed by atoms with E-state index in [9.17, 15) is 0 Å². The average Bonchev–Trinajstić information content (AvgIpc) is 3.62. The van der Waals surface area contributed by atoms with Crippen LogP contribution in [0.5, 0.6) is 0 Å². The molecule has 5 aromatic rings. The minimum atomic E-state index is -2.18. The van der Waals surface area contributed by atoms with E-state index in [1.54, 1.807) is 18.2 Å². The van der Waals surface area contributed by atoms with Gasteiger partial charge < -0.3 is 22.9 Å². The fourth-order valence-corrected chi connectivity index (χ4v) is 10.5. The molecule has 2 aliphatic heterocycles. The highest BCUT2D eigenvalue weighted by molar-refractivity contribution is 7.82. The number of benzene rings is 5. The summed E-state index contributed by atoms with van der Waals surface area (Å²) in [5.74, 6) is -5.76. The summed E-state index contributed by atoms with van der Waals surface area (Å²) in [4.78, 5) is 60.5. The molecule has 314 valence electrons. The van der Waals surface area contributed by atoms with Crippen molar-refractivity contribution >= 4 is 92.5 Å². The SMILES string of the molecule is NC(=S)C(C(N)=S)(c1cccc(C(C(N)=S)(C(N)=S)N2C(=O)C(Cc3ccccc3)C(Cc3ccccc3)C2=O)c1)N1C(=O)C(Cc2ccccc2)C(Cc2ccccc2)C1=O. The molecule has 2 aliphatic rings. The van der Waals surface area contributed by atoms with E-state index in [2.05, 4.69) is 0 Å². The molecule has 4 unspecified atom stereocenters. The lowest BCUT2D eigenvalue weighted by molar-refractivity contribution is -0.144. The van der Waals surface area contributed by atoms with Crippen LogP contribution >= 0.6 is 48.9 Å². The topological polar surface area (TPSA) is 179 Å². The highest BCUT2D eigenvalue weighted by Gasteiger charge is 2.61. The summed E-state index contributed by atoms with van der Waals surface area (Å²) in [6, 6.07) is 43.6. The Morgan fingerprint density at radius 1 is 0.387 bits per heavy atom. The molecule has 14 heteroatoms. The number of hydrogen-bond donors (Lipinski definition) is 4. The Kier molecular flexibility index (Phi) is 12.9. The zero-order chi connectivity index (χ0) is 44.3. The van der Waals surface area contributed by atoms with Crippen molar-refractivity contribution in [3.05, 3.63) is 179 Å². The maximum atomic E-state index is 15.0. The monoisotopic (exact) mass is 896 g/mol. The van der Waals surface area contributed by atoms with Gasteiger partial charge in [-0.1, -0.05) is 188 Å². The van der Waals surface area contributed by atoms with Crippen LogP contribution in [0.2, 0.25) is 0 Å². The van der Waals surface area contributed by atoms with Crippen LogP contribution in [-0.2, 0) is 55.9 Å². The van der Waals surface area contributed by atoms with Crippen LogP contribution in [0.4, 0.5) is 0 Å². The Morgan fingerprint density at radius 2 is 0.613 bits per heavy atom. The first-order valence-electron chi connectivity index (χ1n) is 20.0. The summed E-state index contributed by atoms with van der Waals surface area (Å²) in [7, 11) is 0. The molecular weight excluding hydrogens is 853 g/mol. The van der Waals surface area contributed by atoms with E-state index in [4.69, 9.17) is 71.8 Å². The van der Waals surface area contributed by atoms with Gasteiger partial charge in [0, 0.05) is 0 Å². The number of hydrogen-bond acceptors (Lipinski definition) is 8. The lowest BCUT2D eigenvalue weighted by Gasteiger charge is -2.42. The van der Waals surface area contributed by atoms with Gasteiger partial charge >= 0.3 is 0 Å². The second kappa shape index (κ2) is 18.1. The van der Waals surface area contributed by atoms with Crippen molar-refractivity contribution in [2.24, 2.45) is 46.6 Å². The zero-order valence-corrected chi connectivity index (χ0v) is 36.7. The number of amides is 4. The van der Waals surface area contributed by atoms with Crippen molar-refractivity contribution in [2.75, 3.05) is 0 Å². The zero-order valence-electron chi connectivity index (χ0n) is 33.5. The molecule has 4 amide bonds. The normalized spacial score (nSPS) is 19.2. The van der Waals surface area contributed by atoms with Crippen LogP contribution in [0, 0.1) is 23.7 Å². The number of thiocarbonyl (C=S) groups is 4. The van der Waals surface area contributed by atoms with Gasteiger partial charge in [0.2, 0.25) is 23.6 Å². The predicted molar refractivity (Wildman–Crippen MR) is 255 cm³/mol. The maximum absolute atomic E-state index is 15.0. The van der Waals surface area contributed by atoms with E-state index >= 15 is 19.2 Å². The van der Waals surface area contributed by atoms with Gasteiger partial charge in [0.15, 0.2) is 11.1 Å². The Balaban J connectivity index is 1.38. The first-order chi connectivity index (χ1) is 29.7. The van der Waals surface area contributed by atoms with Gasteiger partial charge in [0.05, 0.1) is 23.7 Å². The third-order valence-corrected chi connectivity index (χ3v) is 13.3. The van der Waals surface area contributed by atoms with Gasteiger partial charge in [-0.2, -0.15) is 0 Å².